The van der Waals surface area contributed by atoms with Crippen LogP contribution >= 0.6 is 0 Å². The Hall–Kier alpha value is -2.10. The first kappa shape index (κ1) is 14.3. The third kappa shape index (κ3) is 3.26. The third-order valence-corrected chi connectivity index (χ3v) is 3.15. The summed E-state index contributed by atoms with van der Waals surface area (Å²) in [6.07, 6.45) is 5.34. The molecule has 0 bridgehead atoms. The van der Waals surface area contributed by atoms with E-state index in [4.69, 9.17) is 4.74 Å². The lowest BCUT2D eigenvalue weighted by Crippen LogP contribution is -2.22. The second kappa shape index (κ2) is 6.89. The van der Waals surface area contributed by atoms with E-state index in [1.54, 1.807) is 10.9 Å². The number of benzene rings is 1. The fraction of sp³-hybridized carbons (Fsp3) is 0.375. The average molecular weight is 272 g/mol. The molecule has 0 radical (unpaired) electrons. The van der Waals surface area contributed by atoms with Crippen molar-refractivity contribution >= 4 is 5.97 Å². The van der Waals surface area contributed by atoms with E-state index < -0.39 is 0 Å². The zero-order chi connectivity index (χ0) is 14.4. The molecule has 1 heterocycles. The molecule has 0 N–H and O–H groups in total. The summed E-state index contributed by atoms with van der Waals surface area (Å²) in [7, 11) is 0. The first-order chi connectivity index (χ1) is 9.76. The van der Waals surface area contributed by atoms with Gasteiger partial charge in [0.15, 0.2) is 0 Å². The van der Waals surface area contributed by atoms with Crippen molar-refractivity contribution in [1.82, 2.24) is 9.78 Å². The van der Waals surface area contributed by atoms with Gasteiger partial charge in [0, 0.05) is 11.8 Å². The fourth-order valence-electron chi connectivity index (χ4n) is 2.16. The molecule has 106 valence electrons. The van der Waals surface area contributed by atoms with Gasteiger partial charge in [-0.2, -0.15) is 5.10 Å². The summed E-state index contributed by atoms with van der Waals surface area (Å²) in [5, 5.41) is 4.33. The minimum Gasteiger partial charge on any atom is -0.464 e. The Balaban J connectivity index is 2.23. The summed E-state index contributed by atoms with van der Waals surface area (Å²) in [6, 6.07) is 9.67. The Morgan fingerprint density at radius 1 is 1.25 bits per heavy atom. The van der Waals surface area contributed by atoms with Gasteiger partial charge in [-0.05, 0) is 18.9 Å². The van der Waals surface area contributed by atoms with Gasteiger partial charge in [-0.15, -0.1) is 0 Å². The van der Waals surface area contributed by atoms with Crippen LogP contribution in [0.5, 0.6) is 0 Å². The highest BCUT2D eigenvalue weighted by Gasteiger charge is 2.21. The Morgan fingerprint density at radius 2 is 2.00 bits per heavy atom. The quantitative estimate of drug-likeness (QED) is 0.756. The fourth-order valence-corrected chi connectivity index (χ4v) is 2.16. The van der Waals surface area contributed by atoms with Gasteiger partial charge in [-0.1, -0.05) is 43.7 Å². The van der Waals surface area contributed by atoms with Crippen LogP contribution in [-0.2, 0) is 9.53 Å². The minimum atomic E-state index is -0.336. The van der Waals surface area contributed by atoms with E-state index in [-0.39, 0.29) is 12.0 Å². The highest BCUT2D eigenvalue weighted by molar-refractivity contribution is 5.74. The van der Waals surface area contributed by atoms with E-state index in [1.807, 2.05) is 50.4 Å². The van der Waals surface area contributed by atoms with Crippen LogP contribution in [0.2, 0.25) is 0 Å². The number of carbonyl (C=O) groups is 1. The zero-order valence-corrected chi connectivity index (χ0v) is 12.0. The number of ether oxygens (including phenoxy) is 1. The molecule has 4 nitrogen and oxygen atoms in total. The smallest absolute Gasteiger partial charge is 0.330 e. The van der Waals surface area contributed by atoms with Gasteiger partial charge >= 0.3 is 5.97 Å². The summed E-state index contributed by atoms with van der Waals surface area (Å²) >= 11 is 0. The van der Waals surface area contributed by atoms with Crippen LogP contribution in [-0.4, -0.2) is 22.4 Å². The summed E-state index contributed by atoms with van der Waals surface area (Å²) < 4.78 is 6.84. The maximum Gasteiger partial charge on any atom is 0.330 e. The van der Waals surface area contributed by atoms with Crippen molar-refractivity contribution in [3.63, 3.8) is 0 Å². The second-order valence-electron chi connectivity index (χ2n) is 4.63. The highest BCUT2D eigenvalue weighted by Crippen LogP contribution is 2.22. The molecule has 2 aromatic rings. The number of carbonyl (C=O) groups excluding carboxylic acids is 1. The summed E-state index contributed by atoms with van der Waals surface area (Å²) in [5.74, 6) is -0.211. The molecule has 0 fully saturated rings. The Morgan fingerprint density at radius 3 is 2.65 bits per heavy atom. The van der Waals surface area contributed by atoms with Crippen molar-refractivity contribution in [2.75, 3.05) is 6.61 Å². The molecule has 1 unspecified atom stereocenters. The molecule has 0 amide bonds. The molecule has 1 aromatic heterocycles. The van der Waals surface area contributed by atoms with Crippen LogP contribution in [0.1, 0.15) is 32.7 Å². The predicted molar refractivity (Wildman–Crippen MR) is 78.2 cm³/mol. The van der Waals surface area contributed by atoms with Crippen molar-refractivity contribution in [1.29, 1.82) is 0 Å². The van der Waals surface area contributed by atoms with E-state index in [0.717, 1.165) is 24.0 Å². The van der Waals surface area contributed by atoms with E-state index in [9.17, 15) is 4.79 Å². The number of aromatic nitrogens is 2. The zero-order valence-electron chi connectivity index (χ0n) is 12.0. The lowest BCUT2D eigenvalue weighted by atomic mass is 10.1. The topological polar surface area (TPSA) is 44.1 Å². The predicted octanol–water partition coefficient (Wildman–Crippen LogP) is 3.45. The first-order valence-electron chi connectivity index (χ1n) is 7.02. The van der Waals surface area contributed by atoms with Crippen LogP contribution in [0.4, 0.5) is 0 Å². The van der Waals surface area contributed by atoms with Gasteiger partial charge in [-0.25, -0.2) is 4.79 Å². The lowest BCUT2D eigenvalue weighted by Gasteiger charge is -2.14. The van der Waals surface area contributed by atoms with Crippen molar-refractivity contribution in [2.45, 2.75) is 32.7 Å². The SMILES string of the molecule is CCCC(C(=O)OCC)n1cc(-c2ccccc2)cn1. The van der Waals surface area contributed by atoms with Crippen molar-refractivity contribution in [3.05, 3.63) is 42.7 Å². The standard InChI is InChI=1S/C16H20N2O2/c1-3-8-15(16(19)20-4-2)18-12-14(11-17-18)13-9-6-5-7-10-13/h5-7,9-12,15H,3-4,8H2,1-2H3. The normalized spacial score (nSPS) is 12.1. The molecule has 2 rings (SSSR count). The van der Waals surface area contributed by atoms with Gasteiger partial charge in [0.2, 0.25) is 0 Å². The van der Waals surface area contributed by atoms with Crippen molar-refractivity contribution < 1.29 is 9.53 Å². The van der Waals surface area contributed by atoms with E-state index in [1.165, 1.54) is 0 Å². The average Bonchev–Trinajstić information content (AvgIpc) is 2.95. The molecule has 4 heteroatoms. The molecule has 0 saturated heterocycles. The number of nitrogens with zero attached hydrogens (tertiary/aromatic N) is 2. The highest BCUT2D eigenvalue weighted by atomic mass is 16.5. The summed E-state index contributed by atoms with van der Waals surface area (Å²) in [5.41, 5.74) is 2.11. The Kier molecular flexibility index (Phi) is 4.93. The second-order valence-corrected chi connectivity index (χ2v) is 4.63. The molecule has 0 aliphatic heterocycles. The minimum absolute atomic E-state index is 0.211. The first-order valence-corrected chi connectivity index (χ1v) is 7.02. The molecule has 0 aliphatic rings. The van der Waals surface area contributed by atoms with Gasteiger partial charge in [0.1, 0.15) is 6.04 Å². The summed E-state index contributed by atoms with van der Waals surface area (Å²) in [4.78, 5) is 12.0. The maximum atomic E-state index is 12.0. The number of esters is 1. The molecule has 1 atom stereocenters. The number of hydrogen-bond acceptors (Lipinski definition) is 3. The van der Waals surface area contributed by atoms with E-state index in [2.05, 4.69) is 5.10 Å². The van der Waals surface area contributed by atoms with E-state index >= 15 is 0 Å². The van der Waals surface area contributed by atoms with Gasteiger partial charge in [0.25, 0.3) is 0 Å². The number of hydrogen-bond donors (Lipinski definition) is 0. The molecular weight excluding hydrogens is 252 g/mol. The monoisotopic (exact) mass is 272 g/mol. The Labute approximate surface area is 119 Å². The van der Waals surface area contributed by atoms with E-state index in [0.29, 0.717) is 6.61 Å². The summed E-state index contributed by atoms with van der Waals surface area (Å²) in [6.45, 7) is 4.26. The van der Waals surface area contributed by atoms with Crippen LogP contribution in [0.25, 0.3) is 11.1 Å². The Bertz CT molecular complexity index is 549. The molecule has 0 saturated carbocycles. The van der Waals surface area contributed by atoms with Crippen LogP contribution in [0.15, 0.2) is 42.7 Å². The largest absolute Gasteiger partial charge is 0.464 e. The van der Waals surface area contributed by atoms with Gasteiger partial charge in [0.05, 0.1) is 12.8 Å². The van der Waals surface area contributed by atoms with Gasteiger partial charge in [-0.3, -0.25) is 4.68 Å². The van der Waals surface area contributed by atoms with Crippen LogP contribution in [0, 0.1) is 0 Å². The van der Waals surface area contributed by atoms with Gasteiger partial charge < -0.3 is 4.74 Å². The van der Waals surface area contributed by atoms with Crippen LogP contribution in [0.3, 0.4) is 0 Å². The lowest BCUT2D eigenvalue weighted by molar-refractivity contribution is -0.147. The van der Waals surface area contributed by atoms with Crippen molar-refractivity contribution in [2.24, 2.45) is 0 Å². The molecular formula is C16H20N2O2. The third-order valence-electron chi connectivity index (χ3n) is 3.15. The van der Waals surface area contributed by atoms with Crippen LogP contribution < -0.4 is 0 Å². The molecule has 0 aliphatic carbocycles. The maximum absolute atomic E-state index is 12.0. The molecule has 1 aromatic carbocycles. The molecule has 0 spiro atoms. The van der Waals surface area contributed by atoms with Crippen molar-refractivity contribution in [3.8, 4) is 11.1 Å². The number of rotatable bonds is 6. The molecule has 20 heavy (non-hydrogen) atoms.